The fourth-order valence-electron chi connectivity index (χ4n) is 10.6. The minimum absolute atomic E-state index is 0.127. The Morgan fingerprint density at radius 1 is 0.487 bits per heavy atom. The van der Waals surface area contributed by atoms with E-state index in [-0.39, 0.29) is 11.8 Å². The van der Waals surface area contributed by atoms with E-state index >= 15 is 0 Å². The van der Waals surface area contributed by atoms with Gasteiger partial charge in [0.1, 0.15) is 0 Å². The van der Waals surface area contributed by atoms with Crippen molar-refractivity contribution in [2.24, 2.45) is 0 Å². The van der Waals surface area contributed by atoms with Gasteiger partial charge in [0.05, 0.1) is 21.2 Å². The third-order valence-corrected chi connectivity index (χ3v) is 17.8. The summed E-state index contributed by atoms with van der Waals surface area (Å²) in [5, 5.41) is 6.78. The number of anilines is 4. The van der Waals surface area contributed by atoms with Crippen LogP contribution in [0.1, 0.15) is 93.2 Å². The Hall–Kier alpha value is -7.50. The minimum Gasteiger partial charge on any atom is -0.354 e. The summed E-state index contributed by atoms with van der Waals surface area (Å²) >= 11 is 0. The zero-order valence-corrected chi connectivity index (χ0v) is 48.8. The summed E-state index contributed by atoms with van der Waals surface area (Å²) in [7, 11) is 0.999. The van der Waals surface area contributed by atoms with Gasteiger partial charge in [-0.2, -0.15) is 0 Å². The number of hydrogen-bond donors (Lipinski definition) is 4. The van der Waals surface area contributed by atoms with Crippen LogP contribution in [-0.4, -0.2) is 101 Å². The molecule has 6 aromatic carbocycles. The number of sulfonamides is 2. The zero-order valence-electron chi connectivity index (χ0n) is 47.2. The SMILES string of the molecule is Cc1ccc(C)c(S(=O)(=O)Nc2ccc(C3Cc4cnc(NCCCCN(C)C)nc4-c4ccccc43)cc2)c1.Cc1ccc(S(=O)(=O)Nc2ccc(C3Cc4cnc(NCCCCN(C)C)nc4-c4ccccc43)cc2)c(C)c1. The smallest absolute Gasteiger partial charge is 0.262 e. The van der Waals surface area contributed by atoms with E-state index in [1.807, 2.05) is 125 Å². The summed E-state index contributed by atoms with van der Waals surface area (Å²) in [5.41, 5.74) is 15.6. The van der Waals surface area contributed by atoms with E-state index < -0.39 is 20.0 Å². The summed E-state index contributed by atoms with van der Waals surface area (Å²) in [6.45, 7) is 11.3. The van der Waals surface area contributed by atoms with Crippen LogP contribution in [0.25, 0.3) is 22.5 Å². The third kappa shape index (κ3) is 13.9. The predicted molar refractivity (Wildman–Crippen MR) is 325 cm³/mol. The number of nitrogens with one attached hydrogen (secondary N) is 4. The standard InChI is InChI=1S/2C32H37N5O2S/c1-22-11-16-30(23(2)19-22)40(38,39)36-26-14-12-24(13-15-26)29-20-25-21-34-32(33-17-7-8-18-37(3)4)35-31(25)28-10-6-5-9-27(28)29;1-22-11-12-23(2)30(19-22)40(38,39)36-26-15-13-24(14-16-26)29-20-25-21-34-32(33-17-7-8-18-37(3)4)35-31(25)28-10-6-5-9-27(28)29/h2*5-6,9-16,19,21,29,36H,7-8,17-18,20H2,1-4H3,(H,33,34,35). The highest BCUT2D eigenvalue weighted by Crippen LogP contribution is 2.44. The van der Waals surface area contributed by atoms with Crippen LogP contribution in [0.2, 0.25) is 0 Å². The monoisotopic (exact) mass is 1110 g/mol. The lowest BCUT2D eigenvalue weighted by Crippen LogP contribution is -2.17. The highest BCUT2D eigenvalue weighted by molar-refractivity contribution is 7.93. The van der Waals surface area contributed by atoms with Gasteiger partial charge in [0.2, 0.25) is 11.9 Å². The van der Waals surface area contributed by atoms with Gasteiger partial charge in [0, 0.05) is 59.8 Å². The molecule has 8 aromatic rings. The molecule has 4 N–H and O–H groups in total. The molecular weight excluding hydrogens is 1040 g/mol. The van der Waals surface area contributed by atoms with E-state index in [0.29, 0.717) is 33.1 Å². The van der Waals surface area contributed by atoms with Gasteiger partial charge in [-0.05, 0) is 194 Å². The number of nitrogens with zero attached hydrogens (tertiary/aromatic N) is 6. The van der Waals surface area contributed by atoms with Crippen LogP contribution in [0.15, 0.2) is 156 Å². The molecule has 2 aromatic heterocycles. The van der Waals surface area contributed by atoms with E-state index in [9.17, 15) is 16.8 Å². The maximum absolute atomic E-state index is 13.1. The van der Waals surface area contributed by atoms with Gasteiger partial charge < -0.3 is 20.4 Å². The first kappa shape index (κ1) is 57.2. The summed E-state index contributed by atoms with van der Waals surface area (Å²) < 4.78 is 57.7. The molecule has 0 bridgehead atoms. The Bertz CT molecular complexity index is 3680. The molecule has 0 radical (unpaired) electrons. The lowest BCUT2D eigenvalue weighted by atomic mass is 9.78. The summed E-state index contributed by atoms with van der Waals surface area (Å²) in [6.07, 6.45) is 9.83. The molecule has 0 aliphatic heterocycles. The van der Waals surface area contributed by atoms with Crippen molar-refractivity contribution in [2.45, 2.75) is 87.8 Å². The van der Waals surface area contributed by atoms with Crippen molar-refractivity contribution in [3.05, 3.63) is 201 Å². The Labute approximate surface area is 473 Å². The summed E-state index contributed by atoms with van der Waals surface area (Å²) in [6, 6.07) is 43.0. The van der Waals surface area contributed by atoms with Crippen molar-refractivity contribution in [1.29, 1.82) is 0 Å². The Morgan fingerprint density at radius 2 is 0.925 bits per heavy atom. The number of aryl methyl sites for hydroxylation is 4. The molecule has 0 amide bonds. The average Bonchev–Trinajstić information content (AvgIpc) is 3.60. The Balaban J connectivity index is 0.000000194. The topological polar surface area (TPSA) is 174 Å². The molecule has 16 heteroatoms. The van der Waals surface area contributed by atoms with Crippen LogP contribution >= 0.6 is 0 Å². The van der Waals surface area contributed by atoms with Crippen LogP contribution in [0.5, 0.6) is 0 Å². The zero-order chi connectivity index (χ0) is 56.6. The molecule has 2 aliphatic carbocycles. The first-order valence-electron chi connectivity index (χ1n) is 27.5. The average molecular weight is 1110 g/mol. The van der Waals surface area contributed by atoms with E-state index in [0.717, 1.165) is 132 Å². The van der Waals surface area contributed by atoms with Crippen molar-refractivity contribution in [2.75, 3.05) is 74.4 Å². The van der Waals surface area contributed by atoms with Gasteiger partial charge in [-0.3, -0.25) is 9.44 Å². The highest BCUT2D eigenvalue weighted by Gasteiger charge is 2.30. The molecule has 2 unspecified atom stereocenters. The Kier molecular flexibility index (Phi) is 18.1. The highest BCUT2D eigenvalue weighted by atomic mass is 32.2. The molecular formula is C64H74N10O4S2. The lowest BCUT2D eigenvalue weighted by Gasteiger charge is -2.27. The fourth-order valence-corrected chi connectivity index (χ4v) is 13.3. The molecule has 416 valence electrons. The number of fused-ring (bicyclic) bond motifs is 6. The molecule has 14 nitrogen and oxygen atoms in total. The number of hydrogen-bond acceptors (Lipinski definition) is 12. The number of rotatable bonds is 20. The van der Waals surface area contributed by atoms with Crippen LogP contribution in [0.3, 0.4) is 0 Å². The first-order chi connectivity index (χ1) is 38.4. The molecule has 0 spiro atoms. The Morgan fingerprint density at radius 3 is 1.39 bits per heavy atom. The molecule has 0 fully saturated rings. The quantitative estimate of drug-likeness (QED) is 0.0533. The second kappa shape index (κ2) is 25.3. The molecule has 10 rings (SSSR count). The maximum Gasteiger partial charge on any atom is 0.262 e. The van der Waals surface area contributed by atoms with Gasteiger partial charge in [-0.15, -0.1) is 0 Å². The van der Waals surface area contributed by atoms with Crippen molar-refractivity contribution >= 4 is 43.3 Å². The van der Waals surface area contributed by atoms with Crippen LogP contribution in [0.4, 0.5) is 23.3 Å². The number of unbranched alkanes of at least 4 members (excludes halogenated alkanes) is 2. The van der Waals surface area contributed by atoms with Gasteiger partial charge in [-0.1, -0.05) is 103 Å². The largest absolute Gasteiger partial charge is 0.354 e. The minimum atomic E-state index is -3.69. The van der Waals surface area contributed by atoms with Crippen LogP contribution in [-0.2, 0) is 32.9 Å². The van der Waals surface area contributed by atoms with Gasteiger partial charge in [0.25, 0.3) is 20.0 Å². The molecule has 0 saturated heterocycles. The molecule has 0 saturated carbocycles. The van der Waals surface area contributed by atoms with Gasteiger partial charge in [-0.25, -0.2) is 36.8 Å². The molecule has 80 heavy (non-hydrogen) atoms. The summed E-state index contributed by atoms with van der Waals surface area (Å²) in [5.74, 6) is 1.58. The van der Waals surface area contributed by atoms with Crippen molar-refractivity contribution in [3.63, 3.8) is 0 Å². The lowest BCUT2D eigenvalue weighted by molar-refractivity contribution is 0.396. The number of benzene rings is 6. The predicted octanol–water partition coefficient (Wildman–Crippen LogP) is 12.0. The van der Waals surface area contributed by atoms with E-state index in [4.69, 9.17) is 9.97 Å². The first-order valence-corrected chi connectivity index (χ1v) is 30.5. The molecule has 2 atom stereocenters. The normalized spacial score (nSPS) is 14.5. The molecule has 2 heterocycles. The van der Waals surface area contributed by atoms with Crippen molar-refractivity contribution in [1.82, 2.24) is 29.7 Å². The maximum atomic E-state index is 13.1. The van der Waals surface area contributed by atoms with Gasteiger partial charge >= 0.3 is 0 Å². The van der Waals surface area contributed by atoms with Crippen molar-refractivity contribution < 1.29 is 16.8 Å². The number of aromatic nitrogens is 4. The second-order valence-corrected chi connectivity index (χ2v) is 25.0. The van der Waals surface area contributed by atoms with E-state index in [2.05, 4.69) is 104 Å². The van der Waals surface area contributed by atoms with E-state index in [1.165, 1.54) is 11.1 Å². The van der Waals surface area contributed by atoms with Crippen molar-refractivity contribution in [3.8, 4) is 22.5 Å². The third-order valence-electron chi connectivity index (χ3n) is 14.8. The van der Waals surface area contributed by atoms with Crippen LogP contribution < -0.4 is 20.1 Å². The van der Waals surface area contributed by atoms with E-state index in [1.54, 1.807) is 12.1 Å². The summed E-state index contributed by atoms with van der Waals surface area (Å²) in [4.78, 5) is 24.0. The fraction of sp³-hybridized carbons (Fsp3) is 0.312. The molecule has 2 aliphatic rings. The second-order valence-electron chi connectivity index (χ2n) is 21.7. The van der Waals surface area contributed by atoms with Gasteiger partial charge in [0.15, 0.2) is 0 Å². The van der Waals surface area contributed by atoms with Crippen LogP contribution in [0, 0.1) is 27.7 Å².